The van der Waals surface area contributed by atoms with Crippen LogP contribution in [0.3, 0.4) is 0 Å². The third kappa shape index (κ3) is 1.49. The van der Waals surface area contributed by atoms with Gasteiger partial charge >= 0.3 is 0 Å². The first-order chi connectivity index (χ1) is 6.29. The number of aryl methyl sites for hydroxylation is 1. The van der Waals surface area contributed by atoms with Crippen LogP contribution in [0, 0.1) is 0 Å². The Labute approximate surface area is 76.9 Å². The molecule has 1 fully saturated rings. The number of rotatable bonds is 2. The van der Waals surface area contributed by atoms with Crippen LogP contribution >= 0.6 is 0 Å². The normalized spacial score (nSPS) is 22.2. The number of anilines is 1. The van der Waals surface area contributed by atoms with Gasteiger partial charge in [0, 0.05) is 26.7 Å². The van der Waals surface area contributed by atoms with E-state index in [1.165, 1.54) is 0 Å². The average Bonchev–Trinajstić information content (AvgIpc) is 2.72. The molecular weight excluding hydrogens is 168 g/mol. The van der Waals surface area contributed by atoms with E-state index in [0.29, 0.717) is 6.04 Å². The number of hydrogen-bond donors (Lipinski definition) is 1. The lowest BCUT2D eigenvalue weighted by Crippen LogP contribution is -2.35. The molecular formula is C7H14N6. The molecule has 1 atom stereocenters. The summed E-state index contributed by atoms with van der Waals surface area (Å²) in [4.78, 5) is 2.12. The molecule has 0 aromatic carbocycles. The van der Waals surface area contributed by atoms with Gasteiger partial charge in [-0.25, -0.2) is 4.68 Å². The summed E-state index contributed by atoms with van der Waals surface area (Å²) in [6.07, 6.45) is 1.16. The molecule has 2 heterocycles. The molecule has 2 rings (SSSR count). The van der Waals surface area contributed by atoms with E-state index in [9.17, 15) is 0 Å². The monoisotopic (exact) mass is 182 g/mol. The van der Waals surface area contributed by atoms with E-state index >= 15 is 0 Å². The smallest absolute Gasteiger partial charge is 0.245 e. The van der Waals surface area contributed by atoms with Crippen molar-refractivity contribution in [1.82, 2.24) is 25.5 Å². The van der Waals surface area contributed by atoms with Crippen molar-refractivity contribution in [3.05, 3.63) is 0 Å². The minimum Gasteiger partial charge on any atom is -0.338 e. The fourth-order valence-electron chi connectivity index (χ4n) is 1.66. The Morgan fingerprint density at radius 3 is 3.00 bits per heavy atom. The van der Waals surface area contributed by atoms with Gasteiger partial charge in [-0.05, 0) is 23.4 Å². The summed E-state index contributed by atoms with van der Waals surface area (Å²) in [5.41, 5.74) is 0. The molecule has 0 radical (unpaired) electrons. The van der Waals surface area contributed by atoms with Crippen molar-refractivity contribution >= 4 is 5.95 Å². The number of hydrogen-bond acceptors (Lipinski definition) is 5. The zero-order valence-electron chi connectivity index (χ0n) is 7.93. The molecule has 0 aliphatic carbocycles. The van der Waals surface area contributed by atoms with E-state index < -0.39 is 0 Å². The maximum absolute atomic E-state index is 3.96. The number of nitrogens with one attached hydrogen (secondary N) is 1. The Morgan fingerprint density at radius 2 is 2.46 bits per heavy atom. The van der Waals surface area contributed by atoms with Crippen LogP contribution in [0.25, 0.3) is 0 Å². The Kier molecular flexibility index (Phi) is 2.13. The minimum atomic E-state index is 0.518. The van der Waals surface area contributed by atoms with Gasteiger partial charge in [0.2, 0.25) is 5.95 Å². The molecule has 13 heavy (non-hydrogen) atoms. The Bertz CT molecular complexity index is 276. The predicted octanol–water partition coefficient (Wildman–Crippen LogP) is -0.992. The highest BCUT2D eigenvalue weighted by atomic mass is 15.6. The highest BCUT2D eigenvalue weighted by Gasteiger charge is 2.22. The average molecular weight is 182 g/mol. The van der Waals surface area contributed by atoms with Crippen LogP contribution < -0.4 is 10.2 Å². The van der Waals surface area contributed by atoms with E-state index in [-0.39, 0.29) is 0 Å². The SMILES string of the molecule is CN(c1nnnn1C)C1CCNC1. The van der Waals surface area contributed by atoms with E-state index in [1.54, 1.807) is 4.68 Å². The largest absolute Gasteiger partial charge is 0.338 e. The first-order valence-electron chi connectivity index (χ1n) is 4.45. The number of nitrogens with zero attached hydrogens (tertiary/aromatic N) is 5. The van der Waals surface area contributed by atoms with Crippen LogP contribution in [0.2, 0.25) is 0 Å². The molecule has 0 bridgehead atoms. The van der Waals surface area contributed by atoms with Crippen LogP contribution in [0.15, 0.2) is 0 Å². The summed E-state index contributed by atoms with van der Waals surface area (Å²) in [5.74, 6) is 0.828. The third-order valence-electron chi connectivity index (χ3n) is 2.50. The molecule has 1 aliphatic heterocycles. The fourth-order valence-corrected chi connectivity index (χ4v) is 1.66. The quantitative estimate of drug-likeness (QED) is 0.636. The fraction of sp³-hybridized carbons (Fsp3) is 0.857. The highest BCUT2D eigenvalue weighted by Crippen LogP contribution is 2.12. The lowest BCUT2D eigenvalue weighted by Gasteiger charge is -2.22. The summed E-state index contributed by atoms with van der Waals surface area (Å²) in [6, 6.07) is 0.518. The van der Waals surface area contributed by atoms with E-state index in [0.717, 1.165) is 25.5 Å². The first kappa shape index (κ1) is 8.43. The van der Waals surface area contributed by atoms with Gasteiger partial charge in [0.15, 0.2) is 0 Å². The van der Waals surface area contributed by atoms with Crippen molar-refractivity contribution in [2.45, 2.75) is 12.5 Å². The van der Waals surface area contributed by atoms with Gasteiger partial charge in [0.25, 0.3) is 0 Å². The van der Waals surface area contributed by atoms with Crippen LogP contribution in [0.5, 0.6) is 0 Å². The second kappa shape index (κ2) is 3.29. The highest BCUT2D eigenvalue weighted by molar-refractivity contribution is 5.28. The van der Waals surface area contributed by atoms with Crippen LogP contribution in [0.4, 0.5) is 5.95 Å². The topological polar surface area (TPSA) is 58.9 Å². The van der Waals surface area contributed by atoms with Gasteiger partial charge in [0.05, 0.1) is 0 Å². The number of aromatic nitrogens is 4. The van der Waals surface area contributed by atoms with Crippen molar-refractivity contribution in [1.29, 1.82) is 0 Å². The van der Waals surface area contributed by atoms with Crippen molar-refractivity contribution in [3.63, 3.8) is 0 Å². The second-order valence-electron chi connectivity index (χ2n) is 3.36. The molecule has 6 nitrogen and oxygen atoms in total. The number of likely N-dealkylation sites (N-methyl/N-ethyl adjacent to an activating group) is 1. The predicted molar refractivity (Wildman–Crippen MR) is 48.5 cm³/mol. The third-order valence-corrected chi connectivity index (χ3v) is 2.50. The first-order valence-corrected chi connectivity index (χ1v) is 4.45. The minimum absolute atomic E-state index is 0.518. The molecule has 1 saturated heterocycles. The molecule has 1 unspecified atom stereocenters. The molecule has 72 valence electrons. The Morgan fingerprint density at radius 1 is 1.62 bits per heavy atom. The Balaban J connectivity index is 2.12. The molecule has 0 amide bonds. The molecule has 0 spiro atoms. The second-order valence-corrected chi connectivity index (χ2v) is 3.36. The van der Waals surface area contributed by atoms with Gasteiger partial charge in [-0.15, -0.1) is 0 Å². The van der Waals surface area contributed by atoms with E-state index in [2.05, 4.69) is 25.7 Å². The zero-order chi connectivity index (χ0) is 9.26. The maximum atomic E-state index is 3.96. The van der Waals surface area contributed by atoms with Gasteiger partial charge in [-0.2, -0.15) is 0 Å². The molecule has 0 saturated carbocycles. The van der Waals surface area contributed by atoms with Gasteiger partial charge < -0.3 is 10.2 Å². The summed E-state index contributed by atoms with van der Waals surface area (Å²) in [5, 5.41) is 14.7. The van der Waals surface area contributed by atoms with E-state index in [4.69, 9.17) is 0 Å². The molecule has 6 heteroatoms. The van der Waals surface area contributed by atoms with Gasteiger partial charge in [0.1, 0.15) is 0 Å². The van der Waals surface area contributed by atoms with Crippen LogP contribution in [-0.4, -0.2) is 46.4 Å². The molecule has 1 aromatic heterocycles. The summed E-state index contributed by atoms with van der Waals surface area (Å²) in [6.45, 7) is 2.10. The van der Waals surface area contributed by atoms with Crippen molar-refractivity contribution in [3.8, 4) is 0 Å². The Hall–Kier alpha value is -1.17. The lowest BCUT2D eigenvalue weighted by molar-refractivity contribution is 0.635. The van der Waals surface area contributed by atoms with Crippen LogP contribution in [-0.2, 0) is 7.05 Å². The summed E-state index contributed by atoms with van der Waals surface area (Å²) in [7, 11) is 3.89. The van der Waals surface area contributed by atoms with Crippen molar-refractivity contribution in [2.75, 3.05) is 25.0 Å². The van der Waals surface area contributed by atoms with E-state index in [1.807, 2.05) is 14.1 Å². The number of tetrazole rings is 1. The van der Waals surface area contributed by atoms with Gasteiger partial charge in [-0.3, -0.25) is 0 Å². The van der Waals surface area contributed by atoms with Crippen molar-refractivity contribution in [2.24, 2.45) is 7.05 Å². The maximum Gasteiger partial charge on any atom is 0.245 e. The lowest BCUT2D eigenvalue weighted by atomic mass is 10.2. The van der Waals surface area contributed by atoms with Crippen molar-refractivity contribution < 1.29 is 0 Å². The van der Waals surface area contributed by atoms with Gasteiger partial charge in [-0.1, -0.05) is 5.10 Å². The summed E-state index contributed by atoms with van der Waals surface area (Å²) >= 11 is 0. The standard InChI is InChI=1S/C7H14N6/c1-12(6-3-4-8-5-6)7-9-10-11-13(7)2/h6,8H,3-5H2,1-2H3. The molecule has 1 N–H and O–H groups in total. The van der Waals surface area contributed by atoms with Crippen LogP contribution in [0.1, 0.15) is 6.42 Å². The molecule has 1 aromatic rings. The zero-order valence-corrected chi connectivity index (χ0v) is 7.93. The summed E-state index contributed by atoms with van der Waals surface area (Å²) < 4.78 is 1.69. The molecule has 1 aliphatic rings.